The van der Waals surface area contributed by atoms with E-state index >= 15 is 0 Å². The number of carboxylic acids is 2. The van der Waals surface area contributed by atoms with Gasteiger partial charge in [-0.3, -0.25) is 9.59 Å². The predicted octanol–water partition coefficient (Wildman–Crippen LogP) is 4.87. The molecule has 0 aliphatic carbocycles. The van der Waals surface area contributed by atoms with Crippen molar-refractivity contribution in [1.82, 2.24) is 0 Å². The lowest BCUT2D eigenvalue weighted by atomic mass is 10.1. The summed E-state index contributed by atoms with van der Waals surface area (Å²) in [6.45, 7) is 0. The summed E-state index contributed by atoms with van der Waals surface area (Å²) in [6.07, 6.45) is 1.67. The fraction of sp³-hybridized carbons (Fsp3) is 0.154. The van der Waals surface area contributed by atoms with Crippen LogP contribution in [0.2, 0.25) is 0 Å². The molecule has 0 unspecified atom stereocenters. The summed E-state index contributed by atoms with van der Waals surface area (Å²) in [5, 5.41) is 19.1. The normalized spacial score (nSPS) is 11.9. The molecular formula is C26H22O8S4. The Bertz CT molecular complexity index is 1610. The minimum Gasteiger partial charge on any atom is -0.481 e. The van der Waals surface area contributed by atoms with Crippen molar-refractivity contribution in [1.29, 1.82) is 0 Å². The van der Waals surface area contributed by atoms with Crippen molar-refractivity contribution in [3.05, 3.63) is 71.8 Å². The van der Waals surface area contributed by atoms with Crippen LogP contribution in [0.15, 0.2) is 70.5 Å². The maximum absolute atomic E-state index is 11.8. The predicted molar refractivity (Wildman–Crippen MR) is 147 cm³/mol. The van der Waals surface area contributed by atoms with Crippen molar-refractivity contribution in [2.24, 2.45) is 0 Å². The zero-order valence-electron chi connectivity index (χ0n) is 20.2. The van der Waals surface area contributed by atoms with E-state index in [0.717, 1.165) is 12.5 Å². The van der Waals surface area contributed by atoms with E-state index in [1.165, 1.54) is 46.9 Å². The fourth-order valence-electron chi connectivity index (χ4n) is 3.85. The third-order valence-electron chi connectivity index (χ3n) is 5.64. The van der Waals surface area contributed by atoms with E-state index < -0.39 is 31.6 Å². The average molecular weight is 591 g/mol. The number of carboxylic acid groups (broad SMARTS) is 2. The van der Waals surface area contributed by atoms with E-state index in [9.17, 15) is 36.6 Å². The highest BCUT2D eigenvalue weighted by atomic mass is 32.2. The summed E-state index contributed by atoms with van der Waals surface area (Å²) in [5.41, 5.74) is 2.43. The fourth-order valence-corrected chi connectivity index (χ4v) is 7.68. The molecule has 2 heterocycles. The third kappa shape index (κ3) is 6.21. The van der Waals surface area contributed by atoms with E-state index in [4.69, 9.17) is 0 Å². The Hall–Kier alpha value is -3.32. The Kier molecular flexibility index (Phi) is 7.62. The number of hydrogen-bond donors (Lipinski definition) is 2. The van der Waals surface area contributed by atoms with Crippen molar-refractivity contribution in [2.45, 2.75) is 22.6 Å². The second-order valence-corrected chi connectivity index (χ2v) is 14.8. The molecule has 0 aliphatic rings. The van der Waals surface area contributed by atoms with Crippen LogP contribution < -0.4 is 0 Å². The molecule has 4 rings (SSSR count). The Morgan fingerprint density at radius 1 is 0.632 bits per heavy atom. The van der Waals surface area contributed by atoms with Crippen LogP contribution in [0.5, 0.6) is 0 Å². The summed E-state index contributed by atoms with van der Waals surface area (Å²) in [4.78, 5) is 26.3. The molecule has 8 nitrogen and oxygen atoms in total. The quantitative estimate of drug-likeness (QED) is 0.281. The highest BCUT2D eigenvalue weighted by Crippen LogP contribution is 2.46. The van der Waals surface area contributed by atoms with Crippen LogP contribution in [-0.2, 0) is 42.1 Å². The highest BCUT2D eigenvalue weighted by molar-refractivity contribution is 7.91. The summed E-state index contributed by atoms with van der Waals surface area (Å²) in [6, 6.07) is 16.0. The van der Waals surface area contributed by atoms with Crippen molar-refractivity contribution >= 4 is 54.3 Å². The van der Waals surface area contributed by atoms with Crippen LogP contribution in [-0.4, -0.2) is 51.5 Å². The molecule has 2 aromatic heterocycles. The van der Waals surface area contributed by atoms with Crippen LogP contribution in [0.1, 0.15) is 11.1 Å². The van der Waals surface area contributed by atoms with Gasteiger partial charge in [0.05, 0.1) is 22.6 Å². The van der Waals surface area contributed by atoms with E-state index in [0.29, 0.717) is 41.8 Å². The van der Waals surface area contributed by atoms with Gasteiger partial charge in [0, 0.05) is 32.0 Å². The number of hydrogen-bond acceptors (Lipinski definition) is 8. The molecule has 12 heteroatoms. The molecule has 0 fully saturated rings. The van der Waals surface area contributed by atoms with Gasteiger partial charge in [0.2, 0.25) is 0 Å². The van der Waals surface area contributed by atoms with Gasteiger partial charge in [0.15, 0.2) is 19.7 Å². The van der Waals surface area contributed by atoms with Crippen LogP contribution in [0.4, 0.5) is 0 Å². The lowest BCUT2D eigenvalue weighted by molar-refractivity contribution is -0.137. The number of sulfone groups is 2. The van der Waals surface area contributed by atoms with E-state index in [1.54, 1.807) is 36.4 Å². The first-order valence-corrected chi connectivity index (χ1v) is 16.4. The van der Waals surface area contributed by atoms with Gasteiger partial charge >= 0.3 is 11.9 Å². The second kappa shape index (κ2) is 10.4. The first kappa shape index (κ1) is 27.7. The zero-order chi connectivity index (χ0) is 27.8. The van der Waals surface area contributed by atoms with E-state index in [2.05, 4.69) is 0 Å². The standard InChI is InChI=1S/C26H22O8S4/c1-37(31,32)19-7-3-15(4-8-19)21-11-17(13-23(27)28)25(35-21)26-18(14-24(29)30)12-22(36-26)16-5-9-20(10-6-16)38(2,33)34/h3-12H,13-14H2,1-2H3,(H,27,28)(H,29,30). The molecule has 4 aromatic rings. The van der Waals surface area contributed by atoms with Crippen molar-refractivity contribution < 1.29 is 36.6 Å². The maximum Gasteiger partial charge on any atom is 0.307 e. The lowest BCUT2D eigenvalue weighted by Crippen LogP contribution is -2.01. The zero-order valence-corrected chi connectivity index (χ0v) is 23.4. The molecule has 0 atom stereocenters. The molecule has 0 saturated heterocycles. The topological polar surface area (TPSA) is 143 Å². The van der Waals surface area contributed by atoms with Gasteiger partial charge in [-0.25, -0.2) is 16.8 Å². The molecule has 2 aromatic carbocycles. The summed E-state index contributed by atoms with van der Waals surface area (Å²) < 4.78 is 47.3. The number of aliphatic carboxylic acids is 2. The van der Waals surface area contributed by atoms with E-state index in [-0.39, 0.29) is 22.6 Å². The largest absolute Gasteiger partial charge is 0.481 e. The van der Waals surface area contributed by atoms with Crippen molar-refractivity contribution in [2.75, 3.05) is 12.5 Å². The molecular weight excluding hydrogens is 569 g/mol. The van der Waals surface area contributed by atoms with Gasteiger partial charge in [-0.15, -0.1) is 22.7 Å². The van der Waals surface area contributed by atoms with Crippen LogP contribution in [0, 0.1) is 0 Å². The van der Waals surface area contributed by atoms with Crippen LogP contribution >= 0.6 is 22.7 Å². The van der Waals surface area contributed by atoms with Gasteiger partial charge < -0.3 is 10.2 Å². The smallest absolute Gasteiger partial charge is 0.307 e. The number of carbonyl (C=O) groups is 2. The second-order valence-electron chi connectivity index (χ2n) is 8.66. The Balaban J connectivity index is 1.84. The molecule has 198 valence electrons. The van der Waals surface area contributed by atoms with Gasteiger partial charge in [-0.2, -0.15) is 0 Å². The third-order valence-corrected chi connectivity index (χ3v) is 10.5. The maximum atomic E-state index is 11.8. The molecule has 38 heavy (non-hydrogen) atoms. The first-order chi connectivity index (χ1) is 17.7. The van der Waals surface area contributed by atoms with Crippen molar-refractivity contribution in [3.63, 3.8) is 0 Å². The molecule has 0 saturated carbocycles. The van der Waals surface area contributed by atoms with Crippen LogP contribution in [0.3, 0.4) is 0 Å². The minimum absolute atomic E-state index is 0.164. The molecule has 0 amide bonds. The van der Waals surface area contributed by atoms with Gasteiger partial charge in [-0.1, -0.05) is 24.3 Å². The minimum atomic E-state index is -3.38. The molecule has 0 aliphatic heterocycles. The molecule has 0 radical (unpaired) electrons. The average Bonchev–Trinajstić information content (AvgIpc) is 3.41. The summed E-state index contributed by atoms with van der Waals surface area (Å²) in [7, 11) is -6.75. The van der Waals surface area contributed by atoms with Crippen LogP contribution in [0.25, 0.3) is 30.6 Å². The molecule has 0 bridgehead atoms. The van der Waals surface area contributed by atoms with Gasteiger partial charge in [0.1, 0.15) is 0 Å². The Morgan fingerprint density at radius 2 is 0.947 bits per heavy atom. The Morgan fingerprint density at radius 3 is 1.21 bits per heavy atom. The van der Waals surface area contributed by atoms with Crippen molar-refractivity contribution in [3.8, 4) is 30.6 Å². The monoisotopic (exact) mass is 590 g/mol. The first-order valence-electron chi connectivity index (χ1n) is 11.0. The molecule has 2 N–H and O–H groups in total. The highest BCUT2D eigenvalue weighted by Gasteiger charge is 2.22. The lowest BCUT2D eigenvalue weighted by Gasteiger charge is -2.02. The SMILES string of the molecule is CS(=O)(=O)c1ccc(-c2cc(CC(=O)O)c(-c3sc(-c4ccc(S(C)(=O)=O)cc4)cc3CC(=O)O)s2)cc1. The number of rotatable bonds is 9. The number of thiophene rings is 2. The van der Waals surface area contributed by atoms with Gasteiger partial charge in [-0.05, 0) is 58.7 Å². The summed E-state index contributed by atoms with van der Waals surface area (Å²) in [5.74, 6) is -2.09. The summed E-state index contributed by atoms with van der Waals surface area (Å²) >= 11 is 2.60. The molecule has 0 spiro atoms. The van der Waals surface area contributed by atoms with E-state index in [1.807, 2.05) is 0 Å². The van der Waals surface area contributed by atoms with Gasteiger partial charge in [0.25, 0.3) is 0 Å². The Labute approximate surface area is 227 Å². The number of benzene rings is 2.